The molecular weight excluding hydrogens is 376 g/mol. The van der Waals surface area contributed by atoms with Gasteiger partial charge in [0.05, 0.1) is 11.7 Å². The number of anilines is 1. The molecule has 28 heavy (non-hydrogen) atoms. The van der Waals surface area contributed by atoms with E-state index in [0.717, 1.165) is 23.1 Å². The molecule has 1 aromatic carbocycles. The second-order valence-electron chi connectivity index (χ2n) is 7.38. The molecule has 2 aromatic rings. The molecule has 1 amide bonds. The van der Waals surface area contributed by atoms with E-state index in [1.165, 1.54) is 0 Å². The van der Waals surface area contributed by atoms with Crippen molar-refractivity contribution in [3.63, 3.8) is 0 Å². The van der Waals surface area contributed by atoms with Crippen molar-refractivity contribution in [3.8, 4) is 0 Å². The van der Waals surface area contributed by atoms with Crippen molar-refractivity contribution in [1.29, 1.82) is 0 Å². The fraction of sp³-hybridized carbons (Fsp3) is 0.400. The summed E-state index contributed by atoms with van der Waals surface area (Å²) in [5, 5.41) is 2.90. The van der Waals surface area contributed by atoms with E-state index in [9.17, 15) is 13.2 Å². The Kier molecular flexibility index (Phi) is 6.00. The van der Waals surface area contributed by atoms with E-state index in [1.54, 1.807) is 6.20 Å². The predicted molar refractivity (Wildman–Crippen MR) is 110 cm³/mol. The van der Waals surface area contributed by atoms with Gasteiger partial charge in [-0.05, 0) is 30.5 Å². The molecular formula is C20H26N4O3S. The lowest BCUT2D eigenvalue weighted by Gasteiger charge is -2.50. The van der Waals surface area contributed by atoms with Crippen molar-refractivity contribution >= 4 is 21.6 Å². The van der Waals surface area contributed by atoms with Crippen molar-refractivity contribution in [2.45, 2.75) is 13.3 Å². The molecule has 0 spiro atoms. The van der Waals surface area contributed by atoms with Gasteiger partial charge in [-0.3, -0.25) is 9.78 Å². The molecule has 1 aromatic heterocycles. The van der Waals surface area contributed by atoms with E-state index < -0.39 is 15.4 Å². The number of amides is 1. The number of carbonyl (C=O) groups is 1. The molecule has 1 saturated heterocycles. The first-order valence-corrected chi connectivity index (χ1v) is 11.1. The second kappa shape index (κ2) is 8.28. The fourth-order valence-electron chi connectivity index (χ4n) is 3.60. The Morgan fingerprint density at radius 3 is 2.54 bits per heavy atom. The average molecular weight is 403 g/mol. The quantitative estimate of drug-likeness (QED) is 0.646. The van der Waals surface area contributed by atoms with Crippen LogP contribution < -0.4 is 14.9 Å². The van der Waals surface area contributed by atoms with Crippen LogP contribution in [0.3, 0.4) is 0 Å². The number of aromatic nitrogens is 1. The van der Waals surface area contributed by atoms with Gasteiger partial charge in [-0.15, -0.1) is 0 Å². The topological polar surface area (TPSA) is 91.4 Å². The number of hydrogen-bond acceptors (Lipinski definition) is 5. The van der Waals surface area contributed by atoms with Crippen molar-refractivity contribution in [3.05, 3.63) is 59.9 Å². The Morgan fingerprint density at radius 2 is 1.89 bits per heavy atom. The number of nitrogens with one attached hydrogen (secondary N) is 2. The molecule has 1 aliphatic heterocycles. The maximum atomic E-state index is 13.0. The average Bonchev–Trinajstić information content (AvgIpc) is 2.62. The van der Waals surface area contributed by atoms with E-state index in [4.69, 9.17) is 0 Å². The van der Waals surface area contributed by atoms with Gasteiger partial charge in [0.15, 0.2) is 0 Å². The minimum atomic E-state index is -3.26. The molecule has 1 aliphatic rings. The molecule has 0 radical (unpaired) electrons. The second-order valence-corrected chi connectivity index (χ2v) is 9.22. The highest BCUT2D eigenvalue weighted by molar-refractivity contribution is 7.88. The van der Waals surface area contributed by atoms with Crippen LogP contribution >= 0.6 is 0 Å². The van der Waals surface area contributed by atoms with Crippen molar-refractivity contribution in [1.82, 2.24) is 15.0 Å². The Balaban J connectivity index is 1.70. The maximum absolute atomic E-state index is 13.0. The van der Waals surface area contributed by atoms with E-state index in [0.29, 0.717) is 19.5 Å². The van der Waals surface area contributed by atoms with Crippen LogP contribution in [-0.2, 0) is 21.2 Å². The number of pyridine rings is 1. The van der Waals surface area contributed by atoms with Gasteiger partial charge in [-0.25, -0.2) is 13.1 Å². The number of rotatable bonds is 8. The number of carbonyl (C=O) groups excluding carboxylic acids is 1. The van der Waals surface area contributed by atoms with Gasteiger partial charge in [0.1, 0.15) is 0 Å². The molecule has 0 unspecified atom stereocenters. The van der Waals surface area contributed by atoms with Gasteiger partial charge in [0.25, 0.3) is 0 Å². The summed E-state index contributed by atoms with van der Waals surface area (Å²) < 4.78 is 24.8. The number of benzene rings is 1. The van der Waals surface area contributed by atoms with Crippen molar-refractivity contribution in [2.75, 3.05) is 37.3 Å². The van der Waals surface area contributed by atoms with Crippen molar-refractivity contribution < 1.29 is 13.2 Å². The van der Waals surface area contributed by atoms with E-state index in [2.05, 4.69) is 19.9 Å². The summed E-state index contributed by atoms with van der Waals surface area (Å²) in [5.41, 5.74) is 2.74. The summed E-state index contributed by atoms with van der Waals surface area (Å²) in [6, 6.07) is 11.9. The maximum Gasteiger partial charge on any atom is 0.230 e. The van der Waals surface area contributed by atoms with Crippen LogP contribution in [0.1, 0.15) is 11.1 Å². The first kappa shape index (κ1) is 20.3. The van der Waals surface area contributed by atoms with Crippen LogP contribution in [0.25, 0.3) is 0 Å². The van der Waals surface area contributed by atoms with Crippen LogP contribution in [-0.4, -0.2) is 51.7 Å². The summed E-state index contributed by atoms with van der Waals surface area (Å²) in [7, 11) is -3.26. The lowest BCUT2D eigenvalue weighted by atomic mass is 9.73. The summed E-state index contributed by atoms with van der Waals surface area (Å²) in [4.78, 5) is 19.3. The smallest absolute Gasteiger partial charge is 0.230 e. The normalized spacial score (nSPS) is 15.7. The number of sulfonamides is 1. The zero-order valence-electron chi connectivity index (χ0n) is 16.2. The highest BCUT2D eigenvalue weighted by Crippen LogP contribution is 2.38. The Bertz CT molecular complexity index is 925. The lowest BCUT2D eigenvalue weighted by Crippen LogP contribution is -2.65. The lowest BCUT2D eigenvalue weighted by molar-refractivity contribution is -0.132. The fourth-order valence-corrected chi connectivity index (χ4v) is 4.07. The van der Waals surface area contributed by atoms with Crippen LogP contribution in [0.15, 0.2) is 48.8 Å². The summed E-state index contributed by atoms with van der Waals surface area (Å²) in [5.74, 6) is -0.0467. The zero-order valence-corrected chi connectivity index (χ0v) is 17.0. The first-order valence-electron chi connectivity index (χ1n) is 9.21. The third-order valence-corrected chi connectivity index (χ3v) is 5.69. The summed E-state index contributed by atoms with van der Waals surface area (Å²) in [6.45, 7) is 3.67. The van der Waals surface area contributed by atoms with Crippen LogP contribution in [0, 0.1) is 12.3 Å². The standard InChI is InChI=1S/C20H26N4O3S/c1-16-13-21-9-8-18(16)24-14-20(15-24,12-17-6-4-3-5-7-17)19(25)22-10-11-23-28(2,26)27/h3-9,13,23H,10-12,14-15H2,1-2H3,(H,22,25). The predicted octanol–water partition coefficient (Wildman–Crippen LogP) is 1.10. The van der Waals surface area contributed by atoms with Gasteiger partial charge in [-0.2, -0.15) is 0 Å². The molecule has 0 saturated carbocycles. The number of nitrogens with zero attached hydrogens (tertiary/aromatic N) is 2. The van der Waals surface area contributed by atoms with Crippen molar-refractivity contribution in [2.24, 2.45) is 5.41 Å². The molecule has 0 aliphatic carbocycles. The highest BCUT2D eigenvalue weighted by Gasteiger charge is 2.49. The van der Waals surface area contributed by atoms with E-state index in [-0.39, 0.29) is 19.0 Å². The molecule has 3 rings (SSSR count). The summed E-state index contributed by atoms with van der Waals surface area (Å²) in [6.07, 6.45) is 5.33. The Morgan fingerprint density at radius 1 is 1.18 bits per heavy atom. The van der Waals surface area contributed by atoms with Gasteiger partial charge in [0, 0.05) is 44.3 Å². The molecule has 1 fully saturated rings. The first-order chi connectivity index (χ1) is 13.3. The monoisotopic (exact) mass is 402 g/mol. The molecule has 2 heterocycles. The van der Waals surface area contributed by atoms with Crippen LogP contribution in [0.2, 0.25) is 0 Å². The largest absolute Gasteiger partial charge is 0.369 e. The minimum absolute atomic E-state index is 0.0467. The molecule has 0 atom stereocenters. The molecule has 2 N–H and O–H groups in total. The highest BCUT2D eigenvalue weighted by atomic mass is 32.2. The third-order valence-electron chi connectivity index (χ3n) is 4.96. The minimum Gasteiger partial charge on any atom is -0.369 e. The SMILES string of the molecule is Cc1cnccc1N1CC(Cc2ccccc2)(C(=O)NCCNS(C)(=O)=O)C1. The van der Waals surface area contributed by atoms with E-state index in [1.807, 2.05) is 49.5 Å². The van der Waals surface area contributed by atoms with E-state index >= 15 is 0 Å². The molecule has 150 valence electrons. The summed E-state index contributed by atoms with van der Waals surface area (Å²) >= 11 is 0. The van der Waals surface area contributed by atoms with Gasteiger partial charge in [0.2, 0.25) is 15.9 Å². The molecule has 7 nitrogen and oxygen atoms in total. The molecule has 8 heteroatoms. The van der Waals surface area contributed by atoms with Gasteiger partial charge < -0.3 is 10.2 Å². The number of aryl methyl sites for hydroxylation is 1. The van der Waals surface area contributed by atoms with Crippen LogP contribution in [0.4, 0.5) is 5.69 Å². The van der Waals surface area contributed by atoms with Crippen LogP contribution in [0.5, 0.6) is 0 Å². The number of hydrogen-bond donors (Lipinski definition) is 2. The zero-order chi connectivity index (χ0) is 20.2. The molecule has 0 bridgehead atoms. The van der Waals surface area contributed by atoms with Gasteiger partial charge >= 0.3 is 0 Å². The third kappa shape index (κ3) is 4.88. The Hall–Kier alpha value is -2.45. The van der Waals surface area contributed by atoms with Gasteiger partial charge in [-0.1, -0.05) is 30.3 Å². The Labute approximate surface area is 166 Å².